The van der Waals surface area contributed by atoms with E-state index in [0.29, 0.717) is 29.7 Å². The van der Waals surface area contributed by atoms with Crippen LogP contribution in [-0.2, 0) is 0 Å². The zero-order chi connectivity index (χ0) is 13.0. The van der Waals surface area contributed by atoms with Gasteiger partial charge in [0.2, 0.25) is 0 Å². The van der Waals surface area contributed by atoms with Crippen molar-refractivity contribution in [1.82, 2.24) is 4.90 Å². The van der Waals surface area contributed by atoms with Crippen LogP contribution in [0.3, 0.4) is 0 Å². The van der Waals surface area contributed by atoms with Crippen molar-refractivity contribution in [3.63, 3.8) is 0 Å². The van der Waals surface area contributed by atoms with Crippen LogP contribution in [0.4, 0.5) is 0 Å². The van der Waals surface area contributed by atoms with Crippen molar-refractivity contribution in [1.29, 1.82) is 5.26 Å². The maximum absolute atomic E-state index is 8.83. The van der Waals surface area contributed by atoms with Gasteiger partial charge >= 0.3 is 0 Å². The van der Waals surface area contributed by atoms with Gasteiger partial charge < -0.3 is 14.4 Å². The van der Waals surface area contributed by atoms with Crippen LogP contribution in [0.2, 0.25) is 0 Å². The summed E-state index contributed by atoms with van der Waals surface area (Å²) >= 11 is 0. The van der Waals surface area contributed by atoms with Crippen LogP contribution in [0, 0.1) is 11.3 Å². The molecule has 1 aromatic rings. The molecule has 1 fully saturated rings. The van der Waals surface area contributed by atoms with Gasteiger partial charge in [0.25, 0.3) is 0 Å². The Balaban J connectivity index is 2.02. The summed E-state index contributed by atoms with van der Waals surface area (Å²) in [6.45, 7) is 1.80. The first kappa shape index (κ1) is 12.7. The number of hydrogen-bond donors (Lipinski definition) is 0. The summed E-state index contributed by atoms with van der Waals surface area (Å²) in [4.78, 5) is 2.32. The van der Waals surface area contributed by atoms with Crippen LogP contribution in [0.25, 0.3) is 0 Å². The molecule has 96 valence electrons. The summed E-state index contributed by atoms with van der Waals surface area (Å²) < 4.78 is 11.0. The van der Waals surface area contributed by atoms with Gasteiger partial charge in [-0.2, -0.15) is 5.26 Å². The number of hydrogen-bond acceptors (Lipinski definition) is 4. The Morgan fingerprint density at radius 3 is 2.89 bits per heavy atom. The van der Waals surface area contributed by atoms with E-state index in [-0.39, 0.29) is 0 Å². The smallest absolute Gasteiger partial charge is 0.162 e. The molecule has 1 aromatic carbocycles. The number of ether oxygens (including phenoxy) is 2. The molecule has 4 nitrogen and oxygen atoms in total. The minimum absolute atomic E-state index is 0.477. The maximum atomic E-state index is 8.83. The topological polar surface area (TPSA) is 45.5 Å². The molecule has 1 atom stereocenters. The van der Waals surface area contributed by atoms with Gasteiger partial charge in [-0.3, -0.25) is 0 Å². The normalized spacial score (nSPS) is 19.5. The van der Waals surface area contributed by atoms with E-state index in [2.05, 4.69) is 18.0 Å². The lowest BCUT2D eigenvalue weighted by Gasteiger charge is -2.20. The molecule has 0 aromatic heterocycles. The van der Waals surface area contributed by atoms with Gasteiger partial charge in [-0.25, -0.2) is 0 Å². The van der Waals surface area contributed by atoms with Crippen LogP contribution in [0.5, 0.6) is 11.5 Å². The zero-order valence-corrected chi connectivity index (χ0v) is 10.8. The summed E-state index contributed by atoms with van der Waals surface area (Å²) in [7, 11) is 3.71. The van der Waals surface area contributed by atoms with Crippen molar-refractivity contribution in [2.75, 3.05) is 27.3 Å². The number of methoxy groups -OCH3 is 1. The summed E-state index contributed by atoms with van der Waals surface area (Å²) in [6, 6.07) is 7.81. The lowest BCUT2D eigenvalue weighted by molar-refractivity contribution is 0.193. The Bertz CT molecular complexity index is 454. The van der Waals surface area contributed by atoms with E-state index in [1.165, 1.54) is 12.8 Å². The number of likely N-dealkylation sites (tertiary alicyclic amines) is 1. The largest absolute Gasteiger partial charge is 0.493 e. The Hall–Kier alpha value is -1.73. The van der Waals surface area contributed by atoms with E-state index in [9.17, 15) is 0 Å². The average Bonchev–Trinajstić information content (AvgIpc) is 2.81. The molecule has 0 unspecified atom stereocenters. The number of nitriles is 1. The number of benzene rings is 1. The molecule has 1 saturated heterocycles. The Morgan fingerprint density at radius 2 is 2.28 bits per heavy atom. The van der Waals surface area contributed by atoms with Crippen LogP contribution in [0.15, 0.2) is 18.2 Å². The van der Waals surface area contributed by atoms with Crippen molar-refractivity contribution >= 4 is 0 Å². The molecular formula is C14H18N2O2. The van der Waals surface area contributed by atoms with Gasteiger partial charge in [0.1, 0.15) is 6.61 Å². The molecule has 2 rings (SSSR count). The Morgan fingerprint density at radius 1 is 1.44 bits per heavy atom. The van der Waals surface area contributed by atoms with Crippen LogP contribution in [0.1, 0.15) is 18.4 Å². The van der Waals surface area contributed by atoms with Gasteiger partial charge in [0.15, 0.2) is 11.5 Å². The van der Waals surface area contributed by atoms with Gasteiger partial charge in [-0.1, -0.05) is 0 Å². The highest BCUT2D eigenvalue weighted by atomic mass is 16.5. The molecule has 0 bridgehead atoms. The quantitative estimate of drug-likeness (QED) is 0.815. The molecule has 0 N–H and O–H groups in total. The summed E-state index contributed by atoms with van der Waals surface area (Å²) in [5, 5.41) is 8.83. The van der Waals surface area contributed by atoms with E-state index in [1.54, 1.807) is 25.3 Å². The van der Waals surface area contributed by atoms with Crippen molar-refractivity contribution in [3.8, 4) is 17.6 Å². The fraction of sp³-hybridized carbons (Fsp3) is 0.500. The highest BCUT2D eigenvalue weighted by molar-refractivity contribution is 5.46. The Labute approximate surface area is 108 Å². The van der Waals surface area contributed by atoms with Crippen LogP contribution >= 0.6 is 0 Å². The second-order valence-corrected chi connectivity index (χ2v) is 4.57. The molecule has 1 aliphatic heterocycles. The van der Waals surface area contributed by atoms with E-state index in [1.807, 2.05) is 0 Å². The standard InChI is InChI=1S/C14H18N2O2/c1-16-7-3-4-12(16)10-18-13-6-5-11(9-15)8-14(13)17-2/h5-6,8,12H,3-4,7,10H2,1-2H3/t12-/m0/s1. The molecule has 1 aliphatic rings. The fourth-order valence-corrected chi connectivity index (χ4v) is 2.23. The highest BCUT2D eigenvalue weighted by Crippen LogP contribution is 2.28. The SMILES string of the molecule is COc1cc(C#N)ccc1OC[C@@H]1CCCN1C. The lowest BCUT2D eigenvalue weighted by atomic mass is 10.2. The minimum atomic E-state index is 0.477. The molecular weight excluding hydrogens is 228 g/mol. The number of nitrogens with zero attached hydrogens (tertiary/aromatic N) is 2. The van der Waals surface area contributed by atoms with Crippen LogP contribution < -0.4 is 9.47 Å². The van der Waals surface area contributed by atoms with Crippen LogP contribution in [-0.4, -0.2) is 38.3 Å². The summed E-state index contributed by atoms with van der Waals surface area (Å²) in [5.74, 6) is 1.33. The molecule has 0 aliphatic carbocycles. The molecule has 0 amide bonds. The third kappa shape index (κ3) is 2.74. The van der Waals surface area contributed by atoms with Crippen molar-refractivity contribution < 1.29 is 9.47 Å². The first-order valence-electron chi connectivity index (χ1n) is 6.15. The average molecular weight is 246 g/mol. The number of likely N-dealkylation sites (N-methyl/N-ethyl adjacent to an activating group) is 1. The molecule has 0 spiro atoms. The van der Waals surface area contributed by atoms with Gasteiger partial charge in [0, 0.05) is 12.1 Å². The van der Waals surface area contributed by atoms with Crippen molar-refractivity contribution in [2.24, 2.45) is 0 Å². The van der Waals surface area contributed by atoms with E-state index >= 15 is 0 Å². The molecule has 18 heavy (non-hydrogen) atoms. The fourth-order valence-electron chi connectivity index (χ4n) is 2.23. The summed E-state index contributed by atoms with van der Waals surface area (Å²) in [6.07, 6.45) is 2.41. The predicted molar refractivity (Wildman–Crippen MR) is 68.9 cm³/mol. The monoisotopic (exact) mass is 246 g/mol. The first-order valence-corrected chi connectivity index (χ1v) is 6.15. The molecule has 0 radical (unpaired) electrons. The maximum Gasteiger partial charge on any atom is 0.162 e. The lowest BCUT2D eigenvalue weighted by Crippen LogP contribution is -2.30. The second-order valence-electron chi connectivity index (χ2n) is 4.57. The Kier molecular flexibility index (Phi) is 4.06. The predicted octanol–water partition coefficient (Wildman–Crippen LogP) is 2.04. The number of rotatable bonds is 4. The minimum Gasteiger partial charge on any atom is -0.493 e. The summed E-state index contributed by atoms with van der Waals surface area (Å²) in [5.41, 5.74) is 0.581. The third-order valence-electron chi connectivity index (χ3n) is 3.40. The van der Waals surface area contributed by atoms with Crippen molar-refractivity contribution in [2.45, 2.75) is 18.9 Å². The zero-order valence-electron chi connectivity index (χ0n) is 10.8. The van der Waals surface area contributed by atoms with Crippen molar-refractivity contribution in [3.05, 3.63) is 23.8 Å². The van der Waals surface area contributed by atoms with E-state index in [0.717, 1.165) is 6.54 Å². The highest BCUT2D eigenvalue weighted by Gasteiger charge is 2.21. The molecule has 1 heterocycles. The van der Waals surface area contributed by atoms with Gasteiger partial charge in [0.05, 0.1) is 18.7 Å². The van der Waals surface area contributed by atoms with Gasteiger partial charge in [-0.05, 0) is 38.6 Å². The van der Waals surface area contributed by atoms with E-state index in [4.69, 9.17) is 14.7 Å². The third-order valence-corrected chi connectivity index (χ3v) is 3.40. The van der Waals surface area contributed by atoms with Gasteiger partial charge in [-0.15, -0.1) is 0 Å². The van der Waals surface area contributed by atoms with E-state index < -0.39 is 0 Å². The molecule has 4 heteroatoms. The molecule has 0 saturated carbocycles. The first-order chi connectivity index (χ1) is 8.74. The second kappa shape index (κ2) is 5.74.